The van der Waals surface area contributed by atoms with E-state index >= 15 is 0 Å². The third kappa shape index (κ3) is 3.06. The van der Waals surface area contributed by atoms with Gasteiger partial charge in [-0.3, -0.25) is 9.89 Å². The fourth-order valence-electron chi connectivity index (χ4n) is 2.73. The lowest BCUT2D eigenvalue weighted by atomic mass is 10.1. The average molecular weight is 351 g/mol. The molecule has 1 aromatic carbocycles. The number of aromatic nitrogens is 4. The average Bonchev–Trinajstić information content (AvgIpc) is 3.29. The zero-order chi connectivity index (χ0) is 17.2. The Hall–Kier alpha value is -2.93. The summed E-state index contributed by atoms with van der Waals surface area (Å²) in [5, 5.41) is 8.34. The monoisotopic (exact) mass is 351 g/mol. The maximum Gasteiger partial charge on any atom is 0.274 e. The molecule has 0 amide bonds. The molecule has 0 atom stereocenters. The predicted molar refractivity (Wildman–Crippen MR) is 100 cm³/mol. The molecule has 0 aliphatic rings. The highest BCUT2D eigenvalue weighted by Crippen LogP contribution is 2.21. The summed E-state index contributed by atoms with van der Waals surface area (Å²) in [6, 6.07) is 13.6. The third-order valence-electron chi connectivity index (χ3n) is 4.00. The fraction of sp³-hybridized carbons (Fsp3) is 0.167. The van der Waals surface area contributed by atoms with Gasteiger partial charge in [0.15, 0.2) is 5.82 Å². The van der Waals surface area contributed by atoms with Gasteiger partial charge in [0.05, 0.1) is 17.1 Å². The number of rotatable bonds is 5. The SMILES string of the molecule is CCc1ccccc1NCc1cc(=O)n2[nH]c(-c3cccs3)nc2n1. The summed E-state index contributed by atoms with van der Waals surface area (Å²) in [4.78, 5) is 22.3. The number of benzene rings is 1. The van der Waals surface area contributed by atoms with Gasteiger partial charge >= 0.3 is 0 Å². The second-order valence-electron chi connectivity index (χ2n) is 5.63. The molecule has 0 bridgehead atoms. The largest absolute Gasteiger partial charge is 0.379 e. The van der Waals surface area contributed by atoms with Crippen LogP contribution in [0.3, 0.4) is 0 Å². The number of nitrogens with zero attached hydrogens (tertiary/aromatic N) is 3. The topological polar surface area (TPSA) is 75.1 Å². The third-order valence-corrected chi connectivity index (χ3v) is 4.87. The Labute approximate surface area is 148 Å². The second-order valence-corrected chi connectivity index (χ2v) is 6.58. The minimum atomic E-state index is -0.166. The molecule has 0 aliphatic carbocycles. The molecule has 2 N–H and O–H groups in total. The molecular formula is C18H17N5OS. The lowest BCUT2D eigenvalue weighted by molar-refractivity contribution is 0.879. The van der Waals surface area contributed by atoms with E-state index in [2.05, 4.69) is 33.4 Å². The van der Waals surface area contributed by atoms with Crippen LogP contribution in [0.2, 0.25) is 0 Å². The Kier molecular flexibility index (Phi) is 4.07. The van der Waals surface area contributed by atoms with Crippen LogP contribution < -0.4 is 10.9 Å². The minimum Gasteiger partial charge on any atom is -0.379 e. The van der Waals surface area contributed by atoms with Gasteiger partial charge in [-0.15, -0.1) is 11.3 Å². The maximum atomic E-state index is 12.3. The van der Waals surface area contributed by atoms with Crippen LogP contribution in [0.1, 0.15) is 18.2 Å². The molecule has 0 spiro atoms. The first kappa shape index (κ1) is 15.6. The van der Waals surface area contributed by atoms with Crippen molar-refractivity contribution in [1.82, 2.24) is 19.6 Å². The van der Waals surface area contributed by atoms with Crippen molar-refractivity contribution in [2.24, 2.45) is 0 Å². The summed E-state index contributed by atoms with van der Waals surface area (Å²) in [7, 11) is 0. The summed E-state index contributed by atoms with van der Waals surface area (Å²) in [5.41, 5.74) is 2.80. The Morgan fingerprint density at radius 3 is 2.88 bits per heavy atom. The molecule has 6 nitrogen and oxygen atoms in total. The van der Waals surface area contributed by atoms with Gasteiger partial charge in [0.2, 0.25) is 0 Å². The van der Waals surface area contributed by atoms with E-state index in [9.17, 15) is 4.79 Å². The van der Waals surface area contributed by atoms with Crippen LogP contribution in [-0.2, 0) is 13.0 Å². The number of nitrogens with one attached hydrogen (secondary N) is 2. The molecule has 3 heterocycles. The van der Waals surface area contributed by atoms with Crippen LogP contribution in [0.5, 0.6) is 0 Å². The molecule has 0 unspecified atom stereocenters. The molecule has 4 rings (SSSR count). The second kappa shape index (κ2) is 6.52. The molecule has 126 valence electrons. The number of fused-ring (bicyclic) bond motifs is 1. The van der Waals surface area contributed by atoms with E-state index in [1.54, 1.807) is 11.3 Å². The molecule has 25 heavy (non-hydrogen) atoms. The van der Waals surface area contributed by atoms with Gasteiger partial charge in [0, 0.05) is 11.8 Å². The lowest BCUT2D eigenvalue weighted by Crippen LogP contribution is -2.17. The zero-order valence-electron chi connectivity index (χ0n) is 13.7. The summed E-state index contributed by atoms with van der Waals surface area (Å²) in [6.45, 7) is 2.59. The quantitative estimate of drug-likeness (QED) is 0.578. The van der Waals surface area contributed by atoms with E-state index in [1.165, 1.54) is 16.1 Å². The van der Waals surface area contributed by atoms with Crippen LogP contribution >= 0.6 is 11.3 Å². The first-order chi connectivity index (χ1) is 12.2. The van der Waals surface area contributed by atoms with Crippen molar-refractivity contribution in [3.63, 3.8) is 0 Å². The number of anilines is 1. The van der Waals surface area contributed by atoms with Crippen molar-refractivity contribution in [3.8, 4) is 10.7 Å². The summed E-state index contributed by atoms with van der Waals surface area (Å²) in [5.74, 6) is 1.04. The molecule has 3 aromatic heterocycles. The van der Waals surface area contributed by atoms with Gasteiger partial charge in [-0.1, -0.05) is 31.2 Å². The van der Waals surface area contributed by atoms with E-state index in [0.717, 1.165) is 17.0 Å². The van der Waals surface area contributed by atoms with E-state index in [1.807, 2.05) is 35.7 Å². The molecule has 0 aliphatic heterocycles. The van der Waals surface area contributed by atoms with Crippen LogP contribution in [-0.4, -0.2) is 19.6 Å². The van der Waals surface area contributed by atoms with Crippen LogP contribution in [0.4, 0.5) is 5.69 Å². The van der Waals surface area contributed by atoms with Crippen LogP contribution in [0.25, 0.3) is 16.5 Å². The maximum absolute atomic E-state index is 12.3. The molecule has 0 saturated heterocycles. The highest BCUT2D eigenvalue weighted by molar-refractivity contribution is 7.13. The van der Waals surface area contributed by atoms with Gasteiger partial charge in [-0.25, -0.2) is 4.98 Å². The van der Waals surface area contributed by atoms with Crippen molar-refractivity contribution in [2.45, 2.75) is 19.9 Å². The number of para-hydroxylation sites is 1. The molecular weight excluding hydrogens is 334 g/mol. The molecule has 0 fully saturated rings. The Bertz CT molecular complexity index is 1060. The number of hydrogen-bond acceptors (Lipinski definition) is 5. The van der Waals surface area contributed by atoms with Crippen molar-refractivity contribution in [1.29, 1.82) is 0 Å². The Morgan fingerprint density at radius 2 is 2.08 bits per heavy atom. The first-order valence-electron chi connectivity index (χ1n) is 8.09. The Morgan fingerprint density at radius 1 is 1.20 bits per heavy atom. The van der Waals surface area contributed by atoms with Crippen LogP contribution in [0.15, 0.2) is 52.6 Å². The molecule has 0 saturated carbocycles. The Balaban J connectivity index is 1.63. The minimum absolute atomic E-state index is 0.166. The summed E-state index contributed by atoms with van der Waals surface area (Å²) in [6.07, 6.45) is 0.946. The van der Waals surface area contributed by atoms with E-state index in [4.69, 9.17) is 0 Å². The first-order valence-corrected chi connectivity index (χ1v) is 8.97. The number of aryl methyl sites for hydroxylation is 1. The highest BCUT2D eigenvalue weighted by Gasteiger charge is 2.10. The summed E-state index contributed by atoms with van der Waals surface area (Å²) >= 11 is 1.56. The number of aromatic amines is 1. The lowest BCUT2D eigenvalue weighted by Gasteiger charge is -2.10. The van der Waals surface area contributed by atoms with Crippen molar-refractivity contribution < 1.29 is 0 Å². The fourth-order valence-corrected chi connectivity index (χ4v) is 3.39. The number of hydrogen-bond donors (Lipinski definition) is 2. The number of thiophene rings is 1. The van der Waals surface area contributed by atoms with E-state index in [-0.39, 0.29) is 5.56 Å². The normalized spacial score (nSPS) is 11.1. The van der Waals surface area contributed by atoms with E-state index < -0.39 is 0 Å². The van der Waals surface area contributed by atoms with Crippen LogP contribution in [0, 0.1) is 0 Å². The highest BCUT2D eigenvalue weighted by atomic mass is 32.1. The van der Waals surface area contributed by atoms with Gasteiger partial charge in [0.1, 0.15) is 0 Å². The van der Waals surface area contributed by atoms with Crippen molar-refractivity contribution >= 4 is 22.8 Å². The van der Waals surface area contributed by atoms with Gasteiger partial charge < -0.3 is 5.32 Å². The molecule has 7 heteroatoms. The van der Waals surface area contributed by atoms with Gasteiger partial charge in [-0.2, -0.15) is 9.50 Å². The van der Waals surface area contributed by atoms with E-state index in [0.29, 0.717) is 23.8 Å². The molecule has 4 aromatic rings. The zero-order valence-corrected chi connectivity index (χ0v) is 14.5. The standard InChI is InChI=1S/C18H17N5OS/c1-2-12-6-3-4-7-14(12)19-11-13-10-16(24)23-18(20-13)21-17(22-23)15-8-5-9-25-15/h3-10,19H,2,11H2,1H3,(H,20,21,22). The van der Waals surface area contributed by atoms with Gasteiger partial charge in [0.25, 0.3) is 11.3 Å². The smallest absolute Gasteiger partial charge is 0.274 e. The van der Waals surface area contributed by atoms with Gasteiger partial charge in [-0.05, 0) is 29.5 Å². The van der Waals surface area contributed by atoms with Crippen molar-refractivity contribution in [2.75, 3.05) is 5.32 Å². The van der Waals surface area contributed by atoms with Crippen molar-refractivity contribution in [3.05, 3.63) is 69.5 Å². The molecule has 0 radical (unpaired) electrons. The number of H-pyrrole nitrogens is 1. The summed E-state index contributed by atoms with van der Waals surface area (Å²) < 4.78 is 1.37. The predicted octanol–water partition coefficient (Wildman–Crippen LogP) is 3.32.